The summed E-state index contributed by atoms with van der Waals surface area (Å²) in [6.45, 7) is 0. The zero-order chi connectivity index (χ0) is 64.4. The lowest BCUT2D eigenvalue weighted by Crippen LogP contribution is -2.26. The van der Waals surface area contributed by atoms with E-state index < -0.39 is 5.41 Å². The Balaban J connectivity index is 0.000000118. The van der Waals surface area contributed by atoms with Gasteiger partial charge in [0, 0.05) is 33.5 Å². The number of fused-ring (bicyclic) bond motifs is 22. The van der Waals surface area contributed by atoms with Crippen LogP contribution in [0.4, 0.5) is 28.4 Å². The molecule has 2 spiro atoms. The van der Waals surface area contributed by atoms with Gasteiger partial charge in [-0.05, 0) is 230 Å². The Hall–Kier alpha value is -12.1. The number of halogens is 1. The summed E-state index contributed by atoms with van der Waals surface area (Å²) in [5, 5.41) is 9.26. The van der Waals surface area contributed by atoms with Gasteiger partial charge in [0.15, 0.2) is 0 Å². The summed E-state index contributed by atoms with van der Waals surface area (Å²) >= 11 is 6.59. The van der Waals surface area contributed by atoms with Crippen molar-refractivity contribution in [2.75, 3.05) is 10.2 Å². The maximum Gasteiger partial charge on any atom is 0.0726 e. The minimum absolute atomic E-state index is 0.327. The maximum absolute atomic E-state index is 6.59. The summed E-state index contributed by atoms with van der Waals surface area (Å²) in [5.41, 5.74) is 31.0. The highest BCUT2D eigenvalue weighted by molar-refractivity contribution is 6.31. The minimum Gasteiger partial charge on any atom is -0.356 e. The Morgan fingerprint density at radius 3 is 0.979 bits per heavy atom. The molecule has 16 aromatic carbocycles. The van der Waals surface area contributed by atoms with Crippen LogP contribution in [0.2, 0.25) is 5.02 Å². The van der Waals surface area contributed by atoms with Crippen molar-refractivity contribution >= 4 is 61.6 Å². The fourth-order valence-electron chi connectivity index (χ4n) is 16.3. The van der Waals surface area contributed by atoms with Crippen molar-refractivity contribution < 1.29 is 0 Å². The van der Waals surface area contributed by atoms with Crippen LogP contribution in [0.15, 0.2) is 376 Å². The number of hydrogen-bond acceptors (Lipinski definition) is 2. The molecule has 20 rings (SSSR count). The summed E-state index contributed by atoms with van der Waals surface area (Å²) in [4.78, 5) is 2.40. The number of nitrogens with one attached hydrogen (secondary N) is 1. The zero-order valence-corrected chi connectivity index (χ0v) is 53.9. The number of para-hydroxylation sites is 2. The molecule has 0 amide bonds. The van der Waals surface area contributed by atoms with E-state index in [0.717, 1.165) is 33.5 Å². The van der Waals surface area contributed by atoms with Crippen molar-refractivity contribution in [1.29, 1.82) is 0 Å². The van der Waals surface area contributed by atoms with E-state index in [-0.39, 0.29) is 5.41 Å². The van der Waals surface area contributed by atoms with Crippen LogP contribution < -0.4 is 10.2 Å². The predicted molar refractivity (Wildman–Crippen MR) is 407 cm³/mol. The van der Waals surface area contributed by atoms with E-state index in [2.05, 4.69) is 356 Å². The van der Waals surface area contributed by atoms with Gasteiger partial charge in [-0.3, -0.25) is 0 Å². The second kappa shape index (κ2) is 23.7. The van der Waals surface area contributed by atoms with Gasteiger partial charge in [0.2, 0.25) is 0 Å². The molecule has 0 fully saturated rings. The number of nitrogens with zero attached hydrogens (tertiary/aromatic N) is 1. The molecule has 0 heterocycles. The molecule has 0 aliphatic heterocycles. The largest absolute Gasteiger partial charge is 0.356 e. The second-order valence-electron chi connectivity index (χ2n) is 25.6. The van der Waals surface area contributed by atoms with Crippen molar-refractivity contribution in [2.45, 2.75) is 10.8 Å². The normalized spacial score (nSPS) is 13.0. The van der Waals surface area contributed by atoms with Crippen LogP contribution >= 0.6 is 11.6 Å². The van der Waals surface area contributed by atoms with Crippen LogP contribution in [0.5, 0.6) is 0 Å². The van der Waals surface area contributed by atoms with Gasteiger partial charge in [0.25, 0.3) is 0 Å². The van der Waals surface area contributed by atoms with Crippen molar-refractivity contribution in [3.63, 3.8) is 0 Å². The van der Waals surface area contributed by atoms with E-state index >= 15 is 0 Å². The first kappa shape index (κ1) is 57.6. The van der Waals surface area contributed by atoms with Crippen molar-refractivity contribution in [1.82, 2.24) is 0 Å². The summed E-state index contributed by atoms with van der Waals surface area (Å²) in [6, 6.07) is 136. The highest BCUT2D eigenvalue weighted by Crippen LogP contribution is 2.65. The summed E-state index contributed by atoms with van der Waals surface area (Å²) in [6.07, 6.45) is 0. The standard InChI is InChI=1S/C47H31N.C29H17Cl.C18H15N/c1-3-13-32(14-4-1)33-23-25-37(26-24-33)48(36-17-5-2-6-18-36)38-27-28-41-42-29-34-15-7-8-16-35(34)30-45(42)47(46(41)31-38)43-21-11-9-19-39(43)40-20-10-12-22-44(40)47;30-20-13-14-23-24-15-18-7-1-2-8-19(18)16-27(24)29(28(23)17-20)25-11-5-3-9-21(25)22-10-4-6-12-26(22)29;1-3-7-15(8-4-1)16-11-13-18(14-12-16)19-17-9-5-2-6-10-17/h1-31H;1-17H;1-14,19H. The van der Waals surface area contributed by atoms with Gasteiger partial charge in [0.05, 0.1) is 10.8 Å². The lowest BCUT2D eigenvalue weighted by molar-refractivity contribution is 0.795. The molecule has 0 saturated carbocycles. The SMILES string of the molecule is Clc1ccc2c(c1)C1(c3ccccc3-c3ccccc31)c1cc3ccccc3cc1-2.c1ccc(-c2ccc(N(c3ccccc3)c3ccc4c(c3)C3(c5ccccc5-c5ccccc53)c3cc5ccccc5cc3-4)cc2)cc1.c1ccc(Nc2ccc(-c3ccccc3)cc2)cc1. The van der Waals surface area contributed by atoms with Gasteiger partial charge in [-0.25, -0.2) is 0 Å². The van der Waals surface area contributed by atoms with Crippen LogP contribution in [0, 0.1) is 0 Å². The first-order valence-corrected chi connectivity index (χ1v) is 33.8. The third-order valence-electron chi connectivity index (χ3n) is 20.4. The van der Waals surface area contributed by atoms with Crippen LogP contribution in [0.25, 0.3) is 88.3 Å². The van der Waals surface area contributed by atoms with Crippen LogP contribution in [0.3, 0.4) is 0 Å². The highest BCUT2D eigenvalue weighted by Gasteiger charge is 2.53. The van der Waals surface area contributed by atoms with Gasteiger partial charge in [-0.1, -0.05) is 291 Å². The third-order valence-corrected chi connectivity index (χ3v) is 20.7. The number of benzene rings is 16. The third kappa shape index (κ3) is 9.47. The predicted octanol–water partition coefficient (Wildman–Crippen LogP) is 25.3. The molecule has 0 bridgehead atoms. The van der Waals surface area contributed by atoms with E-state index in [9.17, 15) is 0 Å². The van der Waals surface area contributed by atoms with Gasteiger partial charge < -0.3 is 10.2 Å². The fraction of sp³-hybridized carbons (Fsp3) is 0.0213. The molecule has 16 aromatic rings. The Morgan fingerprint density at radius 2 is 0.515 bits per heavy atom. The summed E-state index contributed by atoms with van der Waals surface area (Å²) in [5.74, 6) is 0. The Kier molecular flexibility index (Phi) is 14.1. The monoisotopic (exact) mass is 1250 g/mol. The molecule has 4 aliphatic rings. The lowest BCUT2D eigenvalue weighted by Gasteiger charge is -2.32. The molecule has 1 N–H and O–H groups in total. The molecule has 3 heteroatoms. The van der Waals surface area contributed by atoms with Crippen molar-refractivity contribution in [3.8, 4) is 66.8 Å². The smallest absolute Gasteiger partial charge is 0.0726 e. The molecule has 0 radical (unpaired) electrons. The van der Waals surface area contributed by atoms with Gasteiger partial charge in [0.1, 0.15) is 0 Å². The first-order chi connectivity index (χ1) is 48.0. The zero-order valence-electron chi connectivity index (χ0n) is 53.1. The van der Waals surface area contributed by atoms with Crippen LogP contribution in [-0.4, -0.2) is 0 Å². The number of anilines is 5. The number of hydrogen-bond donors (Lipinski definition) is 1. The Bertz CT molecular complexity index is 5580. The molecule has 2 nitrogen and oxygen atoms in total. The molecule has 97 heavy (non-hydrogen) atoms. The number of rotatable bonds is 7. The molecule has 0 aromatic heterocycles. The average molecular weight is 1260 g/mol. The Morgan fingerprint density at radius 1 is 0.206 bits per heavy atom. The summed E-state index contributed by atoms with van der Waals surface area (Å²) in [7, 11) is 0. The summed E-state index contributed by atoms with van der Waals surface area (Å²) < 4.78 is 0. The molecule has 456 valence electrons. The Labute approximate surface area is 571 Å². The van der Waals surface area contributed by atoms with E-state index in [0.29, 0.717) is 0 Å². The van der Waals surface area contributed by atoms with E-state index in [1.54, 1.807) is 0 Å². The van der Waals surface area contributed by atoms with Crippen LogP contribution in [-0.2, 0) is 10.8 Å². The van der Waals surface area contributed by atoms with Crippen molar-refractivity contribution in [3.05, 3.63) is 426 Å². The fourth-order valence-corrected chi connectivity index (χ4v) is 16.4. The molecular weight excluding hydrogens is 1190 g/mol. The molecular formula is C94H63ClN2. The maximum atomic E-state index is 6.59. The average Bonchev–Trinajstić information content (AvgIpc) is 1.52. The molecule has 0 unspecified atom stereocenters. The molecule has 0 atom stereocenters. The van der Waals surface area contributed by atoms with E-state index in [4.69, 9.17) is 11.6 Å². The lowest BCUT2D eigenvalue weighted by atomic mass is 9.70. The van der Waals surface area contributed by atoms with E-state index in [1.165, 1.54) is 133 Å². The van der Waals surface area contributed by atoms with Crippen molar-refractivity contribution in [2.24, 2.45) is 0 Å². The first-order valence-electron chi connectivity index (χ1n) is 33.4. The van der Waals surface area contributed by atoms with Crippen LogP contribution in [0.1, 0.15) is 44.5 Å². The highest BCUT2D eigenvalue weighted by atomic mass is 35.5. The van der Waals surface area contributed by atoms with Gasteiger partial charge in [-0.15, -0.1) is 0 Å². The van der Waals surface area contributed by atoms with Gasteiger partial charge >= 0.3 is 0 Å². The quantitative estimate of drug-likeness (QED) is 0.171. The minimum atomic E-state index is -0.419. The van der Waals surface area contributed by atoms with Gasteiger partial charge in [-0.2, -0.15) is 0 Å². The topological polar surface area (TPSA) is 15.3 Å². The molecule has 4 aliphatic carbocycles. The second-order valence-corrected chi connectivity index (χ2v) is 26.0. The molecule has 0 saturated heterocycles. The van der Waals surface area contributed by atoms with E-state index in [1.807, 2.05) is 30.3 Å².